The molecule has 0 bridgehead atoms. The summed E-state index contributed by atoms with van der Waals surface area (Å²) in [6.45, 7) is 1.99. The molecule has 0 fully saturated rings. The molecule has 4 aromatic rings. The van der Waals surface area contributed by atoms with Crippen molar-refractivity contribution >= 4 is 23.3 Å². The van der Waals surface area contributed by atoms with Crippen molar-refractivity contribution < 1.29 is 13.9 Å². The number of para-hydroxylation sites is 1. The van der Waals surface area contributed by atoms with Crippen molar-refractivity contribution in [2.24, 2.45) is 0 Å². The average molecular weight is 441 g/mol. The SMILES string of the molecule is COc1cc(CNCCc2c[nH]c3ccccc23)ccc1OCc1ccc(F)cc1.Cl. The number of H-pyrrole nitrogens is 1. The van der Waals surface area contributed by atoms with Crippen LogP contribution in [0.25, 0.3) is 10.9 Å². The molecule has 1 aromatic heterocycles. The summed E-state index contributed by atoms with van der Waals surface area (Å²) in [6, 6.07) is 20.6. The Balaban J connectivity index is 0.00000272. The topological polar surface area (TPSA) is 46.3 Å². The molecular weight excluding hydrogens is 415 g/mol. The summed E-state index contributed by atoms with van der Waals surface area (Å²) in [7, 11) is 1.63. The van der Waals surface area contributed by atoms with Gasteiger partial charge in [-0.25, -0.2) is 4.39 Å². The molecule has 162 valence electrons. The van der Waals surface area contributed by atoms with Crippen LogP contribution in [0.15, 0.2) is 72.9 Å². The number of halogens is 2. The zero-order valence-corrected chi connectivity index (χ0v) is 18.2. The predicted molar refractivity (Wildman–Crippen MR) is 125 cm³/mol. The first kappa shape index (κ1) is 22.7. The van der Waals surface area contributed by atoms with Crippen molar-refractivity contribution in [1.82, 2.24) is 10.3 Å². The molecule has 0 atom stereocenters. The van der Waals surface area contributed by atoms with E-state index in [0.29, 0.717) is 18.1 Å². The lowest BCUT2D eigenvalue weighted by atomic mass is 10.1. The number of benzene rings is 3. The summed E-state index contributed by atoms with van der Waals surface area (Å²) in [6.07, 6.45) is 3.04. The highest BCUT2D eigenvalue weighted by atomic mass is 35.5. The van der Waals surface area contributed by atoms with E-state index in [4.69, 9.17) is 9.47 Å². The minimum atomic E-state index is -0.252. The molecule has 0 aliphatic rings. The van der Waals surface area contributed by atoms with E-state index in [1.807, 2.05) is 24.3 Å². The lowest BCUT2D eigenvalue weighted by Gasteiger charge is -2.13. The number of fused-ring (bicyclic) bond motifs is 1. The average Bonchev–Trinajstić information content (AvgIpc) is 3.20. The van der Waals surface area contributed by atoms with Gasteiger partial charge in [-0.2, -0.15) is 0 Å². The number of methoxy groups -OCH3 is 1. The molecule has 0 saturated carbocycles. The minimum Gasteiger partial charge on any atom is -0.493 e. The fourth-order valence-electron chi connectivity index (χ4n) is 3.48. The van der Waals surface area contributed by atoms with Crippen molar-refractivity contribution in [2.45, 2.75) is 19.6 Å². The molecule has 0 unspecified atom stereocenters. The van der Waals surface area contributed by atoms with Crippen LogP contribution in [-0.2, 0) is 19.6 Å². The van der Waals surface area contributed by atoms with Gasteiger partial charge in [-0.05, 0) is 60.0 Å². The van der Waals surface area contributed by atoms with Gasteiger partial charge in [0.2, 0.25) is 0 Å². The summed E-state index contributed by atoms with van der Waals surface area (Å²) in [4.78, 5) is 3.32. The van der Waals surface area contributed by atoms with Gasteiger partial charge in [0.15, 0.2) is 11.5 Å². The van der Waals surface area contributed by atoms with Crippen molar-refractivity contribution in [3.05, 3.63) is 95.4 Å². The molecule has 4 rings (SSSR count). The van der Waals surface area contributed by atoms with Gasteiger partial charge < -0.3 is 19.8 Å². The number of aromatic amines is 1. The van der Waals surface area contributed by atoms with Crippen LogP contribution in [0.2, 0.25) is 0 Å². The number of hydrogen-bond donors (Lipinski definition) is 2. The van der Waals surface area contributed by atoms with E-state index >= 15 is 0 Å². The van der Waals surface area contributed by atoms with Gasteiger partial charge in [-0.3, -0.25) is 0 Å². The van der Waals surface area contributed by atoms with Crippen LogP contribution in [0.4, 0.5) is 4.39 Å². The smallest absolute Gasteiger partial charge is 0.161 e. The van der Waals surface area contributed by atoms with Crippen LogP contribution >= 0.6 is 12.4 Å². The van der Waals surface area contributed by atoms with E-state index < -0.39 is 0 Å². The Morgan fingerprint density at radius 1 is 0.935 bits per heavy atom. The molecule has 0 amide bonds. The quantitative estimate of drug-likeness (QED) is 0.331. The maximum absolute atomic E-state index is 13.0. The molecule has 3 aromatic carbocycles. The van der Waals surface area contributed by atoms with E-state index in [0.717, 1.165) is 30.6 Å². The Labute approximate surface area is 187 Å². The molecule has 0 aliphatic carbocycles. The summed E-state index contributed by atoms with van der Waals surface area (Å²) < 4.78 is 24.4. The van der Waals surface area contributed by atoms with E-state index in [1.165, 1.54) is 28.6 Å². The molecule has 0 radical (unpaired) electrons. The zero-order chi connectivity index (χ0) is 20.8. The highest BCUT2D eigenvalue weighted by Crippen LogP contribution is 2.29. The second-order valence-electron chi connectivity index (χ2n) is 7.19. The third-order valence-electron chi connectivity index (χ3n) is 5.11. The lowest BCUT2D eigenvalue weighted by molar-refractivity contribution is 0.284. The highest BCUT2D eigenvalue weighted by Gasteiger charge is 2.07. The molecule has 0 saturated heterocycles. The number of aromatic nitrogens is 1. The molecular formula is C25H26ClFN2O2. The number of hydrogen-bond acceptors (Lipinski definition) is 3. The molecule has 6 heteroatoms. The van der Waals surface area contributed by atoms with Gasteiger partial charge in [0.1, 0.15) is 12.4 Å². The van der Waals surface area contributed by atoms with Crippen LogP contribution in [0.1, 0.15) is 16.7 Å². The summed E-state index contributed by atoms with van der Waals surface area (Å²) in [5.41, 5.74) is 4.52. The second-order valence-corrected chi connectivity index (χ2v) is 7.19. The van der Waals surface area contributed by atoms with Crippen LogP contribution < -0.4 is 14.8 Å². The number of ether oxygens (including phenoxy) is 2. The Morgan fingerprint density at radius 2 is 1.71 bits per heavy atom. The minimum absolute atomic E-state index is 0. The Kier molecular flexibility index (Phi) is 7.93. The number of rotatable bonds is 9. The Morgan fingerprint density at radius 3 is 2.52 bits per heavy atom. The molecule has 0 spiro atoms. The van der Waals surface area contributed by atoms with E-state index in [9.17, 15) is 4.39 Å². The third-order valence-corrected chi connectivity index (χ3v) is 5.11. The van der Waals surface area contributed by atoms with E-state index in [-0.39, 0.29) is 18.2 Å². The maximum atomic E-state index is 13.0. The standard InChI is InChI=1S/C25H25FN2O2.ClH/c1-29-25-14-19(8-11-24(25)30-17-18-6-9-21(26)10-7-18)15-27-13-12-20-16-28-23-5-3-2-4-22(20)23;/h2-11,14,16,27-28H,12-13,15,17H2,1H3;1H. The lowest BCUT2D eigenvalue weighted by Crippen LogP contribution is -2.16. The molecule has 0 aliphatic heterocycles. The van der Waals surface area contributed by atoms with Crippen LogP contribution in [-0.4, -0.2) is 18.6 Å². The summed E-state index contributed by atoms with van der Waals surface area (Å²) >= 11 is 0. The van der Waals surface area contributed by atoms with Gasteiger partial charge in [0.05, 0.1) is 7.11 Å². The largest absolute Gasteiger partial charge is 0.493 e. The van der Waals surface area contributed by atoms with Crippen LogP contribution in [0.3, 0.4) is 0 Å². The Bertz CT molecular complexity index is 1110. The highest BCUT2D eigenvalue weighted by molar-refractivity contribution is 5.85. The molecule has 2 N–H and O–H groups in total. The molecule has 1 heterocycles. The normalized spacial score (nSPS) is 10.6. The van der Waals surface area contributed by atoms with Gasteiger partial charge in [0, 0.05) is 23.6 Å². The second kappa shape index (κ2) is 10.8. The molecule has 31 heavy (non-hydrogen) atoms. The van der Waals surface area contributed by atoms with Crippen molar-refractivity contribution in [2.75, 3.05) is 13.7 Å². The molecule has 4 nitrogen and oxygen atoms in total. The summed E-state index contributed by atoms with van der Waals surface area (Å²) in [5, 5.41) is 4.77. The maximum Gasteiger partial charge on any atom is 0.161 e. The monoisotopic (exact) mass is 440 g/mol. The fourth-order valence-corrected chi connectivity index (χ4v) is 3.48. The van der Waals surface area contributed by atoms with Gasteiger partial charge >= 0.3 is 0 Å². The van der Waals surface area contributed by atoms with Gasteiger partial charge in [-0.1, -0.05) is 36.4 Å². The first-order chi connectivity index (χ1) is 14.7. The third kappa shape index (κ3) is 5.78. The Hall–Kier alpha value is -3.02. The number of nitrogens with one attached hydrogen (secondary N) is 2. The predicted octanol–water partition coefficient (Wildman–Crippen LogP) is 5.65. The zero-order valence-electron chi connectivity index (χ0n) is 17.4. The van der Waals surface area contributed by atoms with Crippen molar-refractivity contribution in [1.29, 1.82) is 0 Å². The summed E-state index contributed by atoms with van der Waals surface area (Å²) in [5.74, 6) is 1.11. The van der Waals surface area contributed by atoms with Crippen LogP contribution in [0.5, 0.6) is 11.5 Å². The first-order valence-corrected chi connectivity index (χ1v) is 10.0. The van der Waals surface area contributed by atoms with Gasteiger partial charge in [0.25, 0.3) is 0 Å². The van der Waals surface area contributed by atoms with E-state index in [2.05, 4.69) is 34.7 Å². The fraction of sp³-hybridized carbons (Fsp3) is 0.200. The van der Waals surface area contributed by atoms with Crippen LogP contribution in [0, 0.1) is 5.82 Å². The van der Waals surface area contributed by atoms with Crippen molar-refractivity contribution in [3.63, 3.8) is 0 Å². The van der Waals surface area contributed by atoms with Gasteiger partial charge in [-0.15, -0.1) is 12.4 Å². The van der Waals surface area contributed by atoms with Crippen molar-refractivity contribution in [3.8, 4) is 11.5 Å². The van der Waals surface area contributed by atoms with E-state index in [1.54, 1.807) is 19.2 Å². The first-order valence-electron chi connectivity index (χ1n) is 10.0.